The lowest BCUT2D eigenvalue weighted by molar-refractivity contribution is -0.385. The minimum absolute atomic E-state index is 0.0526. The van der Waals surface area contributed by atoms with E-state index in [9.17, 15) is 14.9 Å². The SMILES string of the molecule is Cc1nn(C)c(C)c1NC(=O)c1ccc(Cn2cc([N+](=O)[O-])cn2)cc1. The molecule has 3 aromatic rings. The van der Waals surface area contributed by atoms with Crippen LogP contribution >= 0.6 is 0 Å². The zero-order chi connectivity index (χ0) is 18.8. The number of benzene rings is 1. The fourth-order valence-electron chi connectivity index (χ4n) is 2.62. The van der Waals surface area contributed by atoms with Gasteiger partial charge in [-0.25, -0.2) is 0 Å². The van der Waals surface area contributed by atoms with Crippen molar-refractivity contribution >= 4 is 17.3 Å². The van der Waals surface area contributed by atoms with E-state index >= 15 is 0 Å². The van der Waals surface area contributed by atoms with Crippen molar-refractivity contribution in [3.05, 3.63) is 69.3 Å². The summed E-state index contributed by atoms with van der Waals surface area (Å²) in [5.41, 5.74) is 3.70. The van der Waals surface area contributed by atoms with E-state index in [-0.39, 0.29) is 11.6 Å². The van der Waals surface area contributed by atoms with Crippen molar-refractivity contribution in [3.63, 3.8) is 0 Å². The molecule has 2 heterocycles. The van der Waals surface area contributed by atoms with Gasteiger partial charge in [0.05, 0.1) is 28.5 Å². The summed E-state index contributed by atoms with van der Waals surface area (Å²) in [6, 6.07) is 7.02. The zero-order valence-corrected chi connectivity index (χ0v) is 14.6. The van der Waals surface area contributed by atoms with Gasteiger partial charge in [0.25, 0.3) is 5.91 Å². The van der Waals surface area contributed by atoms with Crippen molar-refractivity contribution in [1.29, 1.82) is 0 Å². The molecule has 0 atom stereocenters. The van der Waals surface area contributed by atoms with E-state index in [0.29, 0.717) is 17.8 Å². The molecule has 1 N–H and O–H groups in total. The van der Waals surface area contributed by atoms with Crippen molar-refractivity contribution < 1.29 is 9.72 Å². The maximum absolute atomic E-state index is 12.4. The highest BCUT2D eigenvalue weighted by atomic mass is 16.6. The van der Waals surface area contributed by atoms with Gasteiger partial charge in [-0.3, -0.25) is 24.3 Å². The molecule has 0 fully saturated rings. The number of hydrogen-bond donors (Lipinski definition) is 1. The van der Waals surface area contributed by atoms with E-state index in [0.717, 1.165) is 17.0 Å². The van der Waals surface area contributed by atoms with Crippen molar-refractivity contribution in [3.8, 4) is 0 Å². The first-order chi connectivity index (χ1) is 12.3. The number of nitrogens with zero attached hydrogens (tertiary/aromatic N) is 5. The van der Waals surface area contributed by atoms with E-state index in [1.54, 1.807) is 28.9 Å². The molecule has 0 aliphatic carbocycles. The molecule has 9 nitrogen and oxygen atoms in total. The molecule has 0 spiro atoms. The van der Waals surface area contributed by atoms with Crippen LogP contribution in [-0.4, -0.2) is 30.4 Å². The molecule has 9 heteroatoms. The normalized spacial score (nSPS) is 10.7. The van der Waals surface area contributed by atoms with Gasteiger partial charge in [0.2, 0.25) is 0 Å². The summed E-state index contributed by atoms with van der Waals surface area (Å²) < 4.78 is 3.20. The van der Waals surface area contributed by atoms with Crippen LogP contribution in [0.25, 0.3) is 0 Å². The molecule has 0 bridgehead atoms. The first kappa shape index (κ1) is 17.3. The third-order valence-corrected chi connectivity index (χ3v) is 4.14. The van der Waals surface area contributed by atoms with Crippen molar-refractivity contribution in [2.45, 2.75) is 20.4 Å². The monoisotopic (exact) mass is 354 g/mol. The van der Waals surface area contributed by atoms with Crippen molar-refractivity contribution in [1.82, 2.24) is 19.6 Å². The van der Waals surface area contributed by atoms with Crippen molar-refractivity contribution in [2.75, 3.05) is 5.32 Å². The van der Waals surface area contributed by atoms with Crippen LogP contribution < -0.4 is 5.32 Å². The Kier molecular flexibility index (Phi) is 4.53. The molecule has 0 saturated carbocycles. The minimum atomic E-state index is -0.487. The topological polar surface area (TPSA) is 108 Å². The van der Waals surface area contributed by atoms with Crippen molar-refractivity contribution in [2.24, 2.45) is 7.05 Å². The van der Waals surface area contributed by atoms with Crippen LogP contribution in [-0.2, 0) is 13.6 Å². The van der Waals surface area contributed by atoms with E-state index < -0.39 is 4.92 Å². The Hall–Kier alpha value is -3.49. The molecule has 0 radical (unpaired) electrons. The first-order valence-corrected chi connectivity index (χ1v) is 7.92. The molecule has 0 saturated heterocycles. The number of nitro groups is 1. The van der Waals surface area contributed by atoms with Crippen LogP contribution in [0.3, 0.4) is 0 Å². The van der Waals surface area contributed by atoms with Gasteiger partial charge in [0.1, 0.15) is 12.4 Å². The molecule has 134 valence electrons. The van der Waals surface area contributed by atoms with E-state index in [1.807, 2.05) is 20.9 Å². The number of hydrogen-bond acceptors (Lipinski definition) is 5. The minimum Gasteiger partial charge on any atom is -0.319 e. The van der Waals surface area contributed by atoms with Gasteiger partial charge >= 0.3 is 5.69 Å². The number of nitrogens with one attached hydrogen (secondary N) is 1. The lowest BCUT2D eigenvalue weighted by Gasteiger charge is -2.07. The third kappa shape index (κ3) is 3.46. The summed E-state index contributed by atoms with van der Waals surface area (Å²) in [5.74, 6) is -0.217. The maximum Gasteiger partial charge on any atom is 0.307 e. The average Bonchev–Trinajstić information content (AvgIpc) is 3.16. The van der Waals surface area contributed by atoms with Gasteiger partial charge < -0.3 is 5.32 Å². The molecule has 0 unspecified atom stereocenters. The van der Waals surface area contributed by atoms with Gasteiger partial charge in [0.15, 0.2) is 0 Å². The molecule has 0 aliphatic rings. The van der Waals surface area contributed by atoms with Gasteiger partial charge in [-0.15, -0.1) is 0 Å². The number of carbonyl (C=O) groups is 1. The highest BCUT2D eigenvalue weighted by Gasteiger charge is 2.14. The highest BCUT2D eigenvalue weighted by molar-refractivity contribution is 6.04. The summed E-state index contributed by atoms with van der Waals surface area (Å²) in [7, 11) is 1.83. The molecule has 0 aliphatic heterocycles. The summed E-state index contributed by atoms with van der Waals surface area (Å²) in [5, 5.41) is 21.8. The average molecular weight is 354 g/mol. The quantitative estimate of drug-likeness (QED) is 0.559. The van der Waals surface area contributed by atoms with Crippen LogP contribution in [0.5, 0.6) is 0 Å². The van der Waals surface area contributed by atoms with E-state index in [1.165, 1.54) is 17.1 Å². The Bertz CT molecular complexity index is 971. The number of aryl methyl sites for hydroxylation is 2. The zero-order valence-electron chi connectivity index (χ0n) is 14.6. The molecular weight excluding hydrogens is 336 g/mol. The van der Waals surface area contributed by atoms with Crippen LogP contribution in [0.15, 0.2) is 36.7 Å². The Labute approximate surface area is 149 Å². The van der Waals surface area contributed by atoms with Crippen LogP contribution in [0, 0.1) is 24.0 Å². The summed E-state index contributed by atoms with van der Waals surface area (Å²) in [6.07, 6.45) is 2.58. The second-order valence-corrected chi connectivity index (χ2v) is 5.97. The second kappa shape index (κ2) is 6.79. The van der Waals surface area contributed by atoms with Gasteiger partial charge in [-0.1, -0.05) is 12.1 Å². The molecule has 1 aromatic carbocycles. The van der Waals surface area contributed by atoms with E-state index in [2.05, 4.69) is 15.5 Å². The summed E-state index contributed by atoms with van der Waals surface area (Å²) >= 11 is 0. The molecule has 1 amide bonds. The smallest absolute Gasteiger partial charge is 0.307 e. The molecule has 3 rings (SSSR count). The van der Waals surface area contributed by atoms with Crippen LogP contribution in [0.1, 0.15) is 27.3 Å². The second-order valence-electron chi connectivity index (χ2n) is 5.97. The number of carbonyl (C=O) groups excluding carboxylic acids is 1. The Balaban J connectivity index is 1.70. The fourth-order valence-corrected chi connectivity index (χ4v) is 2.62. The van der Waals surface area contributed by atoms with E-state index in [4.69, 9.17) is 0 Å². The van der Waals surface area contributed by atoms with Gasteiger partial charge in [0, 0.05) is 12.6 Å². The predicted molar refractivity (Wildman–Crippen MR) is 95.1 cm³/mol. The van der Waals surface area contributed by atoms with Crippen LogP contribution in [0.4, 0.5) is 11.4 Å². The standard InChI is InChI=1S/C17H18N6O3/c1-11-16(12(2)21(3)20-11)19-17(24)14-6-4-13(5-7-14)9-22-10-15(8-18-22)23(25)26/h4-8,10H,9H2,1-3H3,(H,19,24). The maximum atomic E-state index is 12.4. The lowest BCUT2D eigenvalue weighted by Crippen LogP contribution is -2.13. The fraction of sp³-hybridized carbons (Fsp3) is 0.235. The van der Waals surface area contributed by atoms with Gasteiger partial charge in [-0.05, 0) is 31.5 Å². The highest BCUT2D eigenvalue weighted by Crippen LogP contribution is 2.19. The Morgan fingerprint density at radius 1 is 1.27 bits per heavy atom. The Morgan fingerprint density at radius 3 is 2.50 bits per heavy atom. The largest absolute Gasteiger partial charge is 0.319 e. The first-order valence-electron chi connectivity index (χ1n) is 7.92. The van der Waals surface area contributed by atoms with Gasteiger partial charge in [-0.2, -0.15) is 10.2 Å². The van der Waals surface area contributed by atoms with Crippen LogP contribution in [0.2, 0.25) is 0 Å². The molecular formula is C17H18N6O3. The molecule has 26 heavy (non-hydrogen) atoms. The summed E-state index contributed by atoms with van der Waals surface area (Å²) in [4.78, 5) is 22.6. The number of aromatic nitrogens is 4. The number of amides is 1. The Morgan fingerprint density at radius 2 is 1.96 bits per heavy atom. The lowest BCUT2D eigenvalue weighted by atomic mass is 10.1. The summed E-state index contributed by atoms with van der Waals surface area (Å²) in [6.45, 7) is 4.12. The third-order valence-electron chi connectivity index (χ3n) is 4.14. The molecule has 2 aromatic heterocycles. The number of anilines is 1. The predicted octanol–water partition coefficient (Wildman–Crippen LogP) is 2.44. The number of rotatable bonds is 5.